The van der Waals surface area contributed by atoms with Crippen LogP contribution in [0.15, 0.2) is 59.2 Å². The maximum atomic E-state index is 9.28. The second-order valence-electron chi connectivity index (χ2n) is 4.19. The molecule has 2 N–H and O–H groups in total. The number of aromatic hydroxyl groups is 1. The summed E-state index contributed by atoms with van der Waals surface area (Å²) in [6.07, 6.45) is 1.86. The Balaban J connectivity index is 1.95. The molecule has 0 unspecified atom stereocenters. The number of rotatable bonds is 2. The van der Waals surface area contributed by atoms with Gasteiger partial charge < -0.3 is 10.1 Å². The molecule has 0 radical (unpaired) electrons. The third-order valence-electron chi connectivity index (χ3n) is 2.86. The Bertz CT molecular complexity index is 627. The van der Waals surface area contributed by atoms with Crippen LogP contribution in [0.4, 0.5) is 0 Å². The predicted molar refractivity (Wildman–Crippen MR) is 78.8 cm³/mol. The van der Waals surface area contributed by atoms with E-state index in [1.165, 1.54) is 0 Å². The van der Waals surface area contributed by atoms with Gasteiger partial charge in [0.15, 0.2) is 0 Å². The van der Waals surface area contributed by atoms with Crippen LogP contribution in [0, 0.1) is 0 Å². The average molecular weight is 315 g/mol. The summed E-state index contributed by atoms with van der Waals surface area (Å²) in [6.45, 7) is 0. The number of nitrogens with one attached hydrogen (secondary N) is 1. The van der Waals surface area contributed by atoms with E-state index in [9.17, 15) is 5.11 Å². The highest BCUT2D eigenvalue weighted by Gasteiger charge is 2.05. The number of hydrogen-bond donors (Lipinski definition) is 2. The summed E-state index contributed by atoms with van der Waals surface area (Å²) in [5, 5.41) is 9.28. The van der Waals surface area contributed by atoms with Crippen molar-refractivity contribution in [2.24, 2.45) is 0 Å². The van der Waals surface area contributed by atoms with Crippen molar-refractivity contribution in [1.82, 2.24) is 9.97 Å². The highest BCUT2D eigenvalue weighted by molar-refractivity contribution is 9.10. The van der Waals surface area contributed by atoms with Gasteiger partial charge >= 0.3 is 0 Å². The Morgan fingerprint density at radius 2 is 1.53 bits per heavy atom. The number of imidazole rings is 1. The van der Waals surface area contributed by atoms with Crippen LogP contribution in [-0.4, -0.2) is 15.1 Å². The minimum Gasteiger partial charge on any atom is -0.508 e. The van der Waals surface area contributed by atoms with E-state index in [-0.39, 0.29) is 5.75 Å². The minimum absolute atomic E-state index is 0.257. The SMILES string of the molecule is Oc1ccc(-c2c[nH]c(-c3ccc(Br)cc3)n2)cc1. The van der Waals surface area contributed by atoms with Crippen molar-refractivity contribution in [3.63, 3.8) is 0 Å². The zero-order valence-corrected chi connectivity index (χ0v) is 11.6. The summed E-state index contributed by atoms with van der Waals surface area (Å²) >= 11 is 3.41. The maximum absolute atomic E-state index is 9.28. The lowest BCUT2D eigenvalue weighted by molar-refractivity contribution is 0.475. The smallest absolute Gasteiger partial charge is 0.138 e. The number of phenolic OH excluding ortho intramolecular Hbond substituents is 1. The molecule has 0 fully saturated rings. The van der Waals surface area contributed by atoms with Gasteiger partial charge in [-0.05, 0) is 36.4 Å². The van der Waals surface area contributed by atoms with Crippen LogP contribution in [0.25, 0.3) is 22.6 Å². The van der Waals surface area contributed by atoms with Gasteiger partial charge in [-0.3, -0.25) is 0 Å². The number of H-pyrrole nitrogens is 1. The van der Waals surface area contributed by atoms with Crippen LogP contribution < -0.4 is 0 Å². The van der Waals surface area contributed by atoms with E-state index in [2.05, 4.69) is 25.9 Å². The molecule has 0 aliphatic heterocycles. The fourth-order valence-electron chi connectivity index (χ4n) is 1.86. The lowest BCUT2D eigenvalue weighted by Crippen LogP contribution is -1.80. The van der Waals surface area contributed by atoms with Gasteiger partial charge in [-0.15, -0.1) is 0 Å². The highest BCUT2D eigenvalue weighted by atomic mass is 79.9. The molecule has 2 aromatic carbocycles. The van der Waals surface area contributed by atoms with Crippen LogP contribution in [0.2, 0.25) is 0 Å². The van der Waals surface area contributed by atoms with Crippen molar-refractivity contribution in [3.8, 4) is 28.4 Å². The van der Waals surface area contributed by atoms with E-state index in [1.807, 2.05) is 42.6 Å². The molecule has 0 saturated heterocycles. The molecule has 0 aliphatic rings. The van der Waals surface area contributed by atoms with Gasteiger partial charge in [0.05, 0.1) is 5.69 Å². The number of nitrogens with zero attached hydrogens (tertiary/aromatic N) is 1. The van der Waals surface area contributed by atoms with E-state index >= 15 is 0 Å². The van der Waals surface area contributed by atoms with Gasteiger partial charge in [0.25, 0.3) is 0 Å². The van der Waals surface area contributed by atoms with Crippen LogP contribution in [-0.2, 0) is 0 Å². The second kappa shape index (κ2) is 4.90. The van der Waals surface area contributed by atoms with Crippen LogP contribution in [0.5, 0.6) is 5.75 Å². The van der Waals surface area contributed by atoms with E-state index < -0.39 is 0 Å². The largest absolute Gasteiger partial charge is 0.508 e. The zero-order chi connectivity index (χ0) is 13.2. The summed E-state index contributed by atoms with van der Waals surface area (Å²) in [4.78, 5) is 7.72. The summed E-state index contributed by atoms with van der Waals surface area (Å²) in [6, 6.07) is 15.0. The zero-order valence-electron chi connectivity index (χ0n) is 9.97. The Labute approximate surface area is 119 Å². The van der Waals surface area contributed by atoms with Gasteiger partial charge in [-0.25, -0.2) is 4.98 Å². The third-order valence-corrected chi connectivity index (χ3v) is 3.39. The molecule has 3 aromatic rings. The topological polar surface area (TPSA) is 48.9 Å². The number of halogens is 1. The third kappa shape index (κ3) is 2.53. The summed E-state index contributed by atoms with van der Waals surface area (Å²) in [7, 11) is 0. The number of phenols is 1. The van der Waals surface area contributed by atoms with Crippen molar-refractivity contribution < 1.29 is 5.11 Å². The summed E-state index contributed by atoms with van der Waals surface area (Å²) < 4.78 is 1.04. The molecule has 0 atom stereocenters. The van der Waals surface area contributed by atoms with Crippen LogP contribution in [0.3, 0.4) is 0 Å². The molecular formula is C15H11BrN2O. The Hall–Kier alpha value is -2.07. The quantitative estimate of drug-likeness (QED) is 0.744. The number of aromatic amines is 1. The number of benzene rings is 2. The molecule has 1 aromatic heterocycles. The molecule has 1 heterocycles. The summed E-state index contributed by atoms with van der Waals surface area (Å²) in [5.41, 5.74) is 2.86. The standard InChI is InChI=1S/C15H11BrN2O/c16-12-5-1-11(2-6-12)15-17-9-14(18-15)10-3-7-13(19)8-4-10/h1-9,19H,(H,17,18). The van der Waals surface area contributed by atoms with Gasteiger partial charge in [0.2, 0.25) is 0 Å². The van der Waals surface area contributed by atoms with Gasteiger partial charge in [0, 0.05) is 21.8 Å². The molecule has 0 spiro atoms. The first kappa shape index (κ1) is 12.0. The highest BCUT2D eigenvalue weighted by Crippen LogP contribution is 2.24. The molecule has 3 nitrogen and oxygen atoms in total. The van der Waals surface area contributed by atoms with Gasteiger partial charge in [0.1, 0.15) is 11.6 Å². The van der Waals surface area contributed by atoms with Crippen molar-refractivity contribution in [1.29, 1.82) is 0 Å². The van der Waals surface area contributed by atoms with Crippen molar-refractivity contribution >= 4 is 15.9 Å². The van der Waals surface area contributed by atoms with E-state index in [1.54, 1.807) is 12.1 Å². The minimum atomic E-state index is 0.257. The monoisotopic (exact) mass is 314 g/mol. The molecule has 4 heteroatoms. The molecule has 0 saturated carbocycles. The first-order valence-electron chi connectivity index (χ1n) is 5.83. The molecule has 19 heavy (non-hydrogen) atoms. The molecular weight excluding hydrogens is 304 g/mol. The van der Waals surface area contributed by atoms with Crippen molar-refractivity contribution in [3.05, 3.63) is 59.2 Å². The normalized spacial score (nSPS) is 10.6. The van der Waals surface area contributed by atoms with E-state index in [0.717, 1.165) is 27.1 Å². The fourth-order valence-corrected chi connectivity index (χ4v) is 2.12. The van der Waals surface area contributed by atoms with Crippen LogP contribution in [0.1, 0.15) is 0 Å². The lowest BCUT2D eigenvalue weighted by atomic mass is 10.1. The second-order valence-corrected chi connectivity index (χ2v) is 5.10. The number of hydrogen-bond acceptors (Lipinski definition) is 2. The Morgan fingerprint density at radius 3 is 2.21 bits per heavy atom. The Kier molecular flexibility index (Phi) is 3.09. The van der Waals surface area contributed by atoms with E-state index in [4.69, 9.17) is 0 Å². The van der Waals surface area contributed by atoms with Crippen molar-refractivity contribution in [2.75, 3.05) is 0 Å². The fraction of sp³-hybridized carbons (Fsp3) is 0. The van der Waals surface area contributed by atoms with Gasteiger partial charge in [-0.1, -0.05) is 28.1 Å². The molecule has 3 rings (SSSR count). The average Bonchev–Trinajstić information content (AvgIpc) is 2.90. The van der Waals surface area contributed by atoms with Crippen molar-refractivity contribution in [2.45, 2.75) is 0 Å². The first-order valence-corrected chi connectivity index (χ1v) is 6.62. The molecule has 0 bridgehead atoms. The van der Waals surface area contributed by atoms with Gasteiger partial charge in [-0.2, -0.15) is 0 Å². The number of aromatic nitrogens is 2. The molecule has 94 valence electrons. The maximum Gasteiger partial charge on any atom is 0.138 e. The Morgan fingerprint density at radius 1 is 0.895 bits per heavy atom. The molecule has 0 aliphatic carbocycles. The molecule has 0 amide bonds. The van der Waals surface area contributed by atoms with Crippen LogP contribution >= 0.6 is 15.9 Å². The lowest BCUT2D eigenvalue weighted by Gasteiger charge is -1.97. The van der Waals surface area contributed by atoms with E-state index in [0.29, 0.717) is 0 Å². The predicted octanol–water partition coefficient (Wildman–Crippen LogP) is 4.21. The summed E-state index contributed by atoms with van der Waals surface area (Å²) in [5.74, 6) is 1.09. The first-order chi connectivity index (χ1) is 9.22.